The van der Waals surface area contributed by atoms with Crippen LogP contribution >= 0.6 is 11.6 Å². The molecule has 3 rings (SSSR count). The fourth-order valence-corrected chi connectivity index (χ4v) is 2.72. The number of anilines is 1. The van der Waals surface area contributed by atoms with Crippen molar-refractivity contribution in [3.8, 4) is 11.5 Å². The monoisotopic (exact) mass is 417 g/mol. The van der Waals surface area contributed by atoms with Crippen molar-refractivity contribution in [3.05, 3.63) is 74.6 Å². The number of non-ortho nitro benzene ring substituents is 1. The number of halogens is 1. The van der Waals surface area contributed by atoms with Gasteiger partial charge in [-0.2, -0.15) is 0 Å². The molecule has 1 heterocycles. The lowest BCUT2D eigenvalue weighted by Gasteiger charge is -2.10. The zero-order chi connectivity index (χ0) is 21.0. The average Bonchev–Trinajstić information content (AvgIpc) is 3.08. The molecule has 10 heteroatoms. The number of hydrogen-bond acceptors (Lipinski definition) is 7. The number of carbonyl (C=O) groups is 1. The van der Waals surface area contributed by atoms with Crippen molar-refractivity contribution < 1.29 is 23.7 Å². The normalized spacial score (nSPS) is 10.4. The van der Waals surface area contributed by atoms with Crippen LogP contribution in [0.15, 0.2) is 47.0 Å². The molecule has 29 heavy (non-hydrogen) atoms. The van der Waals surface area contributed by atoms with Crippen LogP contribution in [-0.2, 0) is 6.61 Å². The Morgan fingerprint density at radius 3 is 2.72 bits per heavy atom. The molecule has 1 N–H and O–H groups in total. The summed E-state index contributed by atoms with van der Waals surface area (Å²) in [6.45, 7) is 1.67. The lowest BCUT2D eigenvalue weighted by Crippen LogP contribution is -2.16. The summed E-state index contributed by atoms with van der Waals surface area (Å²) < 4.78 is 15.9. The van der Waals surface area contributed by atoms with E-state index in [1.54, 1.807) is 31.2 Å². The van der Waals surface area contributed by atoms with E-state index in [9.17, 15) is 14.9 Å². The number of carbonyl (C=O) groups excluding carboxylic acids is 1. The third-order valence-electron chi connectivity index (χ3n) is 4.05. The molecule has 0 unspecified atom stereocenters. The molecule has 0 bridgehead atoms. The Morgan fingerprint density at radius 1 is 1.28 bits per heavy atom. The van der Waals surface area contributed by atoms with E-state index < -0.39 is 10.8 Å². The van der Waals surface area contributed by atoms with Gasteiger partial charge in [0, 0.05) is 6.07 Å². The predicted molar refractivity (Wildman–Crippen MR) is 105 cm³/mol. The first kappa shape index (κ1) is 20.2. The third kappa shape index (κ3) is 4.46. The van der Waals surface area contributed by atoms with Gasteiger partial charge >= 0.3 is 0 Å². The van der Waals surface area contributed by atoms with E-state index in [0.717, 1.165) is 0 Å². The van der Waals surface area contributed by atoms with Gasteiger partial charge in [0.1, 0.15) is 23.9 Å². The summed E-state index contributed by atoms with van der Waals surface area (Å²) in [5.74, 6) is 0.435. The second kappa shape index (κ2) is 8.61. The summed E-state index contributed by atoms with van der Waals surface area (Å²) in [4.78, 5) is 23.1. The highest BCUT2D eigenvalue weighted by molar-refractivity contribution is 6.32. The van der Waals surface area contributed by atoms with Crippen LogP contribution in [0.25, 0.3) is 0 Å². The number of benzene rings is 2. The van der Waals surface area contributed by atoms with E-state index in [2.05, 4.69) is 10.5 Å². The van der Waals surface area contributed by atoms with Crippen molar-refractivity contribution in [3.63, 3.8) is 0 Å². The van der Waals surface area contributed by atoms with Gasteiger partial charge in [-0.15, -0.1) is 0 Å². The lowest BCUT2D eigenvalue weighted by molar-refractivity contribution is -0.384. The highest BCUT2D eigenvalue weighted by Crippen LogP contribution is 2.30. The Labute approximate surface area is 170 Å². The fourth-order valence-electron chi connectivity index (χ4n) is 2.53. The van der Waals surface area contributed by atoms with Crippen LogP contribution in [-0.4, -0.2) is 23.1 Å². The molecule has 1 amide bonds. The van der Waals surface area contributed by atoms with Crippen molar-refractivity contribution >= 4 is 28.9 Å². The van der Waals surface area contributed by atoms with E-state index in [1.807, 2.05) is 0 Å². The molecular weight excluding hydrogens is 402 g/mol. The van der Waals surface area contributed by atoms with E-state index in [-0.39, 0.29) is 29.4 Å². The molecule has 150 valence electrons. The molecule has 0 aliphatic rings. The summed E-state index contributed by atoms with van der Waals surface area (Å²) in [6.07, 6.45) is 0. The fraction of sp³-hybridized carbons (Fsp3) is 0.158. The number of nitrogens with zero attached hydrogens (tertiary/aromatic N) is 2. The highest BCUT2D eigenvalue weighted by atomic mass is 35.5. The van der Waals surface area contributed by atoms with E-state index in [4.69, 9.17) is 25.6 Å². The lowest BCUT2D eigenvalue weighted by atomic mass is 10.2. The van der Waals surface area contributed by atoms with Gasteiger partial charge in [0.05, 0.1) is 34.4 Å². The molecule has 0 aliphatic carbocycles. The molecule has 0 radical (unpaired) electrons. The van der Waals surface area contributed by atoms with Crippen LogP contribution < -0.4 is 14.8 Å². The number of aryl methyl sites for hydroxylation is 1. The van der Waals surface area contributed by atoms with E-state index in [0.29, 0.717) is 22.1 Å². The predicted octanol–water partition coefficient (Wildman–Crippen LogP) is 4.38. The number of nitro groups is 1. The maximum absolute atomic E-state index is 12.7. The van der Waals surface area contributed by atoms with Crippen molar-refractivity contribution in [1.82, 2.24) is 5.16 Å². The molecule has 0 aliphatic heterocycles. The Hall–Kier alpha value is -3.59. The minimum atomic E-state index is -0.577. The summed E-state index contributed by atoms with van der Waals surface area (Å²) in [5.41, 5.74) is 0.561. The van der Waals surface area contributed by atoms with Gasteiger partial charge in [0.25, 0.3) is 11.6 Å². The van der Waals surface area contributed by atoms with Crippen molar-refractivity contribution in [2.45, 2.75) is 13.5 Å². The smallest absolute Gasteiger partial charge is 0.278 e. The second-order valence-electron chi connectivity index (χ2n) is 5.88. The number of aromatic nitrogens is 1. The van der Waals surface area contributed by atoms with Gasteiger partial charge in [-0.05, 0) is 25.1 Å². The summed E-state index contributed by atoms with van der Waals surface area (Å²) in [7, 11) is 1.35. The number of hydrogen-bond donors (Lipinski definition) is 1. The Balaban J connectivity index is 1.80. The number of methoxy groups -OCH3 is 1. The largest absolute Gasteiger partial charge is 0.494 e. The first-order valence-corrected chi connectivity index (χ1v) is 8.74. The van der Waals surface area contributed by atoms with Crippen molar-refractivity contribution in [1.29, 1.82) is 0 Å². The maximum Gasteiger partial charge on any atom is 0.278 e. The number of rotatable bonds is 7. The molecular formula is C19H16ClN3O6. The van der Waals surface area contributed by atoms with Gasteiger partial charge in [-0.3, -0.25) is 14.9 Å². The molecule has 2 aromatic carbocycles. The van der Waals surface area contributed by atoms with Gasteiger partial charge in [0.15, 0.2) is 5.69 Å². The van der Waals surface area contributed by atoms with Crippen molar-refractivity contribution in [2.75, 3.05) is 12.4 Å². The first-order chi connectivity index (χ1) is 13.9. The van der Waals surface area contributed by atoms with Crippen molar-refractivity contribution in [2.24, 2.45) is 0 Å². The van der Waals surface area contributed by atoms with Crippen LogP contribution in [0.1, 0.15) is 21.8 Å². The van der Waals surface area contributed by atoms with E-state index >= 15 is 0 Å². The zero-order valence-electron chi connectivity index (χ0n) is 15.5. The maximum atomic E-state index is 12.7. The number of nitrogens with one attached hydrogen (secondary N) is 1. The van der Waals surface area contributed by atoms with Crippen LogP contribution in [0.3, 0.4) is 0 Å². The molecule has 0 saturated heterocycles. The Bertz CT molecular complexity index is 1070. The molecule has 1 aromatic heterocycles. The molecule has 0 atom stereocenters. The number of amides is 1. The Kier molecular flexibility index (Phi) is 5.99. The standard InChI is InChI=1S/C19H16ClN3O6/c1-11-13(10-28-16-6-4-3-5-14(16)20)18(22-29-11)19(24)21-15-8-7-12(23(25)26)9-17(15)27-2/h3-9H,10H2,1-2H3,(H,21,24). The van der Waals surface area contributed by atoms with Crippen LogP contribution in [0.4, 0.5) is 11.4 Å². The minimum Gasteiger partial charge on any atom is -0.494 e. The molecule has 0 saturated carbocycles. The van der Waals surface area contributed by atoms with Crippen LogP contribution in [0, 0.1) is 17.0 Å². The van der Waals surface area contributed by atoms with Gasteiger partial charge in [0.2, 0.25) is 0 Å². The summed E-state index contributed by atoms with van der Waals surface area (Å²) in [6, 6.07) is 10.8. The quantitative estimate of drug-likeness (QED) is 0.447. The summed E-state index contributed by atoms with van der Waals surface area (Å²) in [5, 5.41) is 17.8. The second-order valence-corrected chi connectivity index (χ2v) is 6.29. The minimum absolute atomic E-state index is 0.0131. The van der Waals surface area contributed by atoms with Crippen LogP contribution in [0.5, 0.6) is 11.5 Å². The summed E-state index contributed by atoms with van der Waals surface area (Å²) >= 11 is 6.08. The van der Waals surface area contributed by atoms with Gasteiger partial charge in [-0.1, -0.05) is 28.9 Å². The van der Waals surface area contributed by atoms with Gasteiger partial charge < -0.3 is 19.3 Å². The third-order valence-corrected chi connectivity index (χ3v) is 4.36. The average molecular weight is 418 g/mol. The van der Waals surface area contributed by atoms with Crippen LogP contribution in [0.2, 0.25) is 5.02 Å². The topological polar surface area (TPSA) is 117 Å². The zero-order valence-corrected chi connectivity index (χ0v) is 16.2. The number of para-hydroxylation sites is 1. The highest BCUT2D eigenvalue weighted by Gasteiger charge is 2.22. The van der Waals surface area contributed by atoms with E-state index in [1.165, 1.54) is 25.3 Å². The molecule has 0 fully saturated rings. The Morgan fingerprint density at radius 2 is 2.03 bits per heavy atom. The van der Waals surface area contributed by atoms with Gasteiger partial charge in [-0.25, -0.2) is 0 Å². The number of nitro benzene ring substituents is 1. The first-order valence-electron chi connectivity index (χ1n) is 8.37. The number of ether oxygens (including phenoxy) is 2. The SMILES string of the molecule is COc1cc([N+](=O)[O-])ccc1NC(=O)c1noc(C)c1COc1ccccc1Cl. The molecule has 3 aromatic rings. The molecule has 9 nitrogen and oxygen atoms in total. The molecule has 0 spiro atoms.